The van der Waals surface area contributed by atoms with Crippen LogP contribution in [0.2, 0.25) is 0 Å². The molecule has 1 saturated carbocycles. The number of likely N-dealkylation sites (N-methyl/N-ethyl adjacent to an activating group) is 1. The number of ether oxygens (including phenoxy) is 2. The van der Waals surface area contributed by atoms with Crippen molar-refractivity contribution in [3.05, 3.63) is 24.3 Å². The molecule has 0 bridgehead atoms. The lowest BCUT2D eigenvalue weighted by molar-refractivity contribution is -0.0237. The van der Waals surface area contributed by atoms with Crippen LogP contribution in [-0.4, -0.2) is 62.0 Å². The number of nitrogens with one attached hydrogen (secondary N) is 1. The predicted octanol–water partition coefficient (Wildman–Crippen LogP) is 2.50. The van der Waals surface area contributed by atoms with E-state index in [-0.39, 0.29) is 24.0 Å². The lowest BCUT2D eigenvalue weighted by atomic mass is 9.80. The van der Waals surface area contributed by atoms with E-state index in [9.17, 15) is 5.11 Å². The Hall–Kier alpha value is -1.22. The van der Waals surface area contributed by atoms with Crippen LogP contribution < -0.4 is 14.8 Å². The molecule has 0 atom stereocenters. The third kappa shape index (κ3) is 6.89. The molecule has 0 aliphatic heterocycles. The summed E-state index contributed by atoms with van der Waals surface area (Å²) >= 11 is 0. The van der Waals surface area contributed by atoms with Gasteiger partial charge in [-0.05, 0) is 50.5 Å². The van der Waals surface area contributed by atoms with Crippen LogP contribution in [0.3, 0.4) is 0 Å². The van der Waals surface area contributed by atoms with Gasteiger partial charge < -0.3 is 24.8 Å². The summed E-state index contributed by atoms with van der Waals surface area (Å²) in [5.74, 6) is 2.43. The highest BCUT2D eigenvalue weighted by Crippen LogP contribution is 2.31. The van der Waals surface area contributed by atoms with Gasteiger partial charge in [0.05, 0.1) is 25.8 Å². The molecule has 1 aliphatic carbocycles. The molecule has 0 aromatic heterocycles. The number of halogens is 1. The summed E-state index contributed by atoms with van der Waals surface area (Å²) in [5.41, 5.74) is -0.596. The Labute approximate surface area is 167 Å². The van der Waals surface area contributed by atoms with Gasteiger partial charge in [-0.25, -0.2) is 0 Å². The van der Waals surface area contributed by atoms with Gasteiger partial charge in [0.1, 0.15) is 18.1 Å². The fraction of sp³-hybridized carbons (Fsp3) is 0.611. The number of hydrogen-bond donors (Lipinski definition) is 2. The minimum Gasteiger partial charge on any atom is -0.497 e. The van der Waals surface area contributed by atoms with Crippen molar-refractivity contribution in [2.24, 2.45) is 4.99 Å². The maximum absolute atomic E-state index is 10.2. The number of guanidine groups is 1. The molecule has 0 unspecified atom stereocenters. The number of aliphatic hydroxyl groups is 1. The molecule has 6 nitrogen and oxygen atoms in total. The molecule has 0 spiro atoms. The maximum atomic E-state index is 10.2. The minimum absolute atomic E-state index is 0. The zero-order valence-corrected chi connectivity index (χ0v) is 17.7. The van der Waals surface area contributed by atoms with E-state index in [2.05, 4.69) is 10.3 Å². The zero-order chi connectivity index (χ0) is 17.4. The van der Waals surface area contributed by atoms with Crippen LogP contribution in [-0.2, 0) is 0 Å². The molecule has 0 heterocycles. The van der Waals surface area contributed by atoms with E-state index < -0.39 is 5.60 Å². The van der Waals surface area contributed by atoms with Crippen LogP contribution in [0.15, 0.2) is 29.3 Å². The maximum Gasteiger partial charge on any atom is 0.193 e. The van der Waals surface area contributed by atoms with Gasteiger partial charge in [-0.1, -0.05) is 0 Å². The van der Waals surface area contributed by atoms with Crippen LogP contribution in [0.5, 0.6) is 11.5 Å². The van der Waals surface area contributed by atoms with Crippen molar-refractivity contribution in [3.63, 3.8) is 0 Å². The summed E-state index contributed by atoms with van der Waals surface area (Å²) in [6.45, 7) is 4.54. The first kappa shape index (κ1) is 21.8. The van der Waals surface area contributed by atoms with Crippen molar-refractivity contribution in [2.45, 2.75) is 31.8 Å². The summed E-state index contributed by atoms with van der Waals surface area (Å²) in [6.07, 6.45) is 2.79. The SMILES string of the molecule is CCNC(=NCC1(O)CCC1)N(C)CCOc1ccc(OC)cc1.I. The molecule has 2 rings (SSSR count). The van der Waals surface area contributed by atoms with Crippen LogP contribution in [0.4, 0.5) is 0 Å². The molecule has 0 radical (unpaired) electrons. The highest BCUT2D eigenvalue weighted by Gasteiger charge is 2.34. The second kappa shape index (κ2) is 10.7. The van der Waals surface area contributed by atoms with E-state index in [0.29, 0.717) is 19.7 Å². The van der Waals surface area contributed by atoms with Crippen molar-refractivity contribution in [1.29, 1.82) is 0 Å². The van der Waals surface area contributed by atoms with E-state index >= 15 is 0 Å². The van der Waals surface area contributed by atoms with Crippen molar-refractivity contribution in [3.8, 4) is 11.5 Å². The lowest BCUT2D eigenvalue weighted by Crippen LogP contribution is -2.44. The fourth-order valence-corrected chi connectivity index (χ4v) is 2.51. The van der Waals surface area contributed by atoms with Gasteiger partial charge in [-0.15, -0.1) is 24.0 Å². The molecule has 142 valence electrons. The Balaban J connectivity index is 0.00000312. The highest BCUT2D eigenvalue weighted by molar-refractivity contribution is 14.0. The number of benzene rings is 1. The summed E-state index contributed by atoms with van der Waals surface area (Å²) in [4.78, 5) is 6.59. The molecule has 1 fully saturated rings. The minimum atomic E-state index is -0.596. The molecule has 25 heavy (non-hydrogen) atoms. The van der Waals surface area contributed by atoms with Crippen molar-refractivity contribution in [2.75, 3.05) is 40.4 Å². The molecule has 0 saturated heterocycles. The average Bonchev–Trinajstić information content (AvgIpc) is 2.57. The molecule has 7 heteroatoms. The third-order valence-electron chi connectivity index (χ3n) is 4.26. The Bertz CT molecular complexity index is 533. The molecule has 1 aromatic carbocycles. The first-order valence-corrected chi connectivity index (χ1v) is 8.55. The normalized spacial score (nSPS) is 15.6. The number of aliphatic imine (C=N–C) groups is 1. The van der Waals surface area contributed by atoms with Gasteiger partial charge in [-0.2, -0.15) is 0 Å². The van der Waals surface area contributed by atoms with Gasteiger partial charge in [0.15, 0.2) is 5.96 Å². The average molecular weight is 463 g/mol. The highest BCUT2D eigenvalue weighted by atomic mass is 127. The predicted molar refractivity (Wildman–Crippen MR) is 111 cm³/mol. The molecule has 2 N–H and O–H groups in total. The number of nitrogens with zero attached hydrogens (tertiary/aromatic N) is 2. The summed E-state index contributed by atoms with van der Waals surface area (Å²) < 4.78 is 10.9. The Kier molecular flexibility index (Phi) is 9.34. The molecular formula is C18H30IN3O3. The smallest absolute Gasteiger partial charge is 0.193 e. The van der Waals surface area contributed by atoms with Crippen LogP contribution in [0.1, 0.15) is 26.2 Å². The second-order valence-electron chi connectivity index (χ2n) is 6.19. The standard InChI is InChI=1S/C18H29N3O3.HI/c1-4-19-17(20-14-18(22)10-5-11-18)21(2)12-13-24-16-8-6-15(23-3)7-9-16;/h6-9,22H,4-5,10-14H2,1-3H3,(H,19,20);1H. The fourth-order valence-electron chi connectivity index (χ4n) is 2.51. The second-order valence-corrected chi connectivity index (χ2v) is 6.19. The third-order valence-corrected chi connectivity index (χ3v) is 4.26. The summed E-state index contributed by atoms with van der Waals surface area (Å²) in [6, 6.07) is 7.54. The lowest BCUT2D eigenvalue weighted by Gasteiger charge is -2.35. The number of hydrogen-bond acceptors (Lipinski definition) is 4. The Morgan fingerprint density at radius 3 is 2.44 bits per heavy atom. The quantitative estimate of drug-likeness (QED) is 0.353. The number of methoxy groups -OCH3 is 1. The largest absolute Gasteiger partial charge is 0.497 e. The molecule has 0 amide bonds. The van der Waals surface area contributed by atoms with E-state index in [1.165, 1.54) is 0 Å². The van der Waals surface area contributed by atoms with Crippen LogP contribution in [0.25, 0.3) is 0 Å². The topological polar surface area (TPSA) is 66.3 Å². The van der Waals surface area contributed by atoms with Gasteiger partial charge in [0.25, 0.3) is 0 Å². The number of rotatable bonds is 8. The van der Waals surface area contributed by atoms with Crippen molar-refractivity contribution < 1.29 is 14.6 Å². The molecule has 1 aromatic rings. The van der Waals surface area contributed by atoms with Crippen LogP contribution in [0, 0.1) is 0 Å². The summed E-state index contributed by atoms with van der Waals surface area (Å²) in [5, 5.41) is 13.4. The van der Waals surface area contributed by atoms with E-state index in [1.807, 2.05) is 43.1 Å². The molecule has 1 aliphatic rings. The first-order chi connectivity index (χ1) is 11.6. The van der Waals surface area contributed by atoms with Crippen molar-refractivity contribution >= 4 is 29.9 Å². The first-order valence-electron chi connectivity index (χ1n) is 8.55. The van der Waals surface area contributed by atoms with E-state index in [0.717, 1.165) is 43.3 Å². The Morgan fingerprint density at radius 2 is 1.92 bits per heavy atom. The zero-order valence-electron chi connectivity index (χ0n) is 15.3. The van der Waals surface area contributed by atoms with Gasteiger partial charge in [-0.3, -0.25) is 4.99 Å². The van der Waals surface area contributed by atoms with E-state index in [1.54, 1.807) is 7.11 Å². The Morgan fingerprint density at radius 1 is 1.28 bits per heavy atom. The van der Waals surface area contributed by atoms with Crippen molar-refractivity contribution in [1.82, 2.24) is 10.2 Å². The van der Waals surface area contributed by atoms with Gasteiger partial charge in [0, 0.05) is 13.6 Å². The van der Waals surface area contributed by atoms with Crippen LogP contribution >= 0.6 is 24.0 Å². The van der Waals surface area contributed by atoms with Gasteiger partial charge >= 0.3 is 0 Å². The monoisotopic (exact) mass is 463 g/mol. The molecular weight excluding hydrogens is 433 g/mol. The van der Waals surface area contributed by atoms with Gasteiger partial charge in [0.2, 0.25) is 0 Å². The van der Waals surface area contributed by atoms with E-state index in [4.69, 9.17) is 9.47 Å². The summed E-state index contributed by atoms with van der Waals surface area (Å²) in [7, 11) is 3.62.